The van der Waals surface area contributed by atoms with Crippen LogP contribution in [-0.4, -0.2) is 19.1 Å². The fourth-order valence-corrected chi connectivity index (χ4v) is 2.14. The van der Waals surface area contributed by atoms with Gasteiger partial charge < -0.3 is 14.8 Å². The zero-order chi connectivity index (χ0) is 14.7. The second-order valence-corrected chi connectivity index (χ2v) is 4.68. The first kappa shape index (κ1) is 13.4. The van der Waals surface area contributed by atoms with Crippen molar-refractivity contribution in [2.24, 2.45) is 0 Å². The van der Waals surface area contributed by atoms with E-state index in [9.17, 15) is 9.18 Å². The van der Waals surface area contributed by atoms with Gasteiger partial charge in [0, 0.05) is 0 Å². The van der Waals surface area contributed by atoms with Crippen LogP contribution in [0.15, 0.2) is 42.5 Å². The summed E-state index contributed by atoms with van der Waals surface area (Å²) in [6.45, 7) is 1.03. The normalized spacial score (nSPS) is 12.8. The molecule has 0 aromatic heterocycles. The molecule has 3 rings (SSSR count). The summed E-state index contributed by atoms with van der Waals surface area (Å²) >= 11 is 0. The van der Waals surface area contributed by atoms with Gasteiger partial charge >= 0.3 is 0 Å². The summed E-state index contributed by atoms with van der Waals surface area (Å²) in [6, 6.07) is 11.4. The smallest absolute Gasteiger partial charge is 0.228 e. The number of amides is 1. The monoisotopic (exact) mass is 287 g/mol. The number of halogens is 1. The molecule has 1 N–H and O–H groups in total. The first-order chi connectivity index (χ1) is 10.2. The quantitative estimate of drug-likeness (QED) is 0.944. The zero-order valence-corrected chi connectivity index (χ0v) is 11.3. The van der Waals surface area contributed by atoms with E-state index in [0.717, 1.165) is 5.56 Å². The second-order valence-electron chi connectivity index (χ2n) is 4.68. The number of benzene rings is 2. The average molecular weight is 287 g/mol. The van der Waals surface area contributed by atoms with Crippen LogP contribution >= 0.6 is 0 Å². The van der Waals surface area contributed by atoms with Crippen molar-refractivity contribution in [3.8, 4) is 11.5 Å². The van der Waals surface area contributed by atoms with Crippen LogP contribution < -0.4 is 14.8 Å². The SMILES string of the molecule is O=C(Cc1ccc2c(c1)OCCO2)Nc1ccccc1F. The van der Waals surface area contributed by atoms with Crippen LogP contribution in [0, 0.1) is 5.82 Å². The maximum absolute atomic E-state index is 13.5. The molecule has 2 aromatic carbocycles. The van der Waals surface area contributed by atoms with E-state index < -0.39 is 5.82 Å². The van der Waals surface area contributed by atoms with E-state index in [1.165, 1.54) is 12.1 Å². The highest BCUT2D eigenvalue weighted by molar-refractivity contribution is 5.92. The van der Waals surface area contributed by atoms with E-state index in [-0.39, 0.29) is 18.0 Å². The maximum atomic E-state index is 13.5. The molecule has 0 unspecified atom stereocenters. The first-order valence-electron chi connectivity index (χ1n) is 6.65. The molecule has 1 aliphatic heterocycles. The molecule has 0 aliphatic carbocycles. The van der Waals surface area contributed by atoms with Gasteiger partial charge in [-0.05, 0) is 29.8 Å². The number of nitrogens with one attached hydrogen (secondary N) is 1. The largest absolute Gasteiger partial charge is 0.486 e. The number of carbonyl (C=O) groups excluding carboxylic acids is 1. The summed E-state index contributed by atoms with van der Waals surface area (Å²) < 4.78 is 24.3. The summed E-state index contributed by atoms with van der Waals surface area (Å²) in [7, 11) is 0. The van der Waals surface area contributed by atoms with Gasteiger partial charge in [-0.15, -0.1) is 0 Å². The van der Waals surface area contributed by atoms with Gasteiger partial charge in [0.15, 0.2) is 11.5 Å². The van der Waals surface area contributed by atoms with E-state index in [2.05, 4.69) is 5.32 Å². The summed E-state index contributed by atoms with van der Waals surface area (Å²) in [5, 5.41) is 2.55. The van der Waals surface area contributed by atoms with Gasteiger partial charge in [-0.3, -0.25) is 4.79 Å². The van der Waals surface area contributed by atoms with Crippen LogP contribution in [0.1, 0.15) is 5.56 Å². The third-order valence-electron chi connectivity index (χ3n) is 3.12. The van der Waals surface area contributed by atoms with Gasteiger partial charge in [-0.25, -0.2) is 4.39 Å². The standard InChI is InChI=1S/C16H14FNO3/c17-12-3-1-2-4-13(12)18-16(19)10-11-5-6-14-15(9-11)21-8-7-20-14/h1-6,9H,7-8,10H2,(H,18,19). The summed E-state index contributed by atoms with van der Waals surface area (Å²) in [5.41, 5.74) is 0.966. The Labute approximate surface area is 121 Å². The summed E-state index contributed by atoms with van der Waals surface area (Å²) in [6.07, 6.45) is 0.144. The number of fused-ring (bicyclic) bond motifs is 1. The third kappa shape index (κ3) is 3.13. The molecule has 0 atom stereocenters. The maximum Gasteiger partial charge on any atom is 0.228 e. The van der Waals surface area contributed by atoms with Crippen LogP contribution in [0.25, 0.3) is 0 Å². The van der Waals surface area contributed by atoms with Crippen molar-refractivity contribution in [1.82, 2.24) is 0 Å². The van der Waals surface area contributed by atoms with Gasteiger partial charge in [0.1, 0.15) is 19.0 Å². The Morgan fingerprint density at radius 3 is 2.67 bits per heavy atom. The Morgan fingerprint density at radius 2 is 1.86 bits per heavy atom. The second kappa shape index (κ2) is 5.83. The molecular formula is C16H14FNO3. The highest BCUT2D eigenvalue weighted by Gasteiger charge is 2.13. The Hall–Kier alpha value is -2.56. The number of ether oxygens (including phenoxy) is 2. The number of carbonyl (C=O) groups is 1. The van der Waals surface area contributed by atoms with Crippen LogP contribution in [-0.2, 0) is 11.2 Å². The molecule has 1 heterocycles. The number of para-hydroxylation sites is 1. The molecule has 5 heteroatoms. The van der Waals surface area contributed by atoms with E-state index in [0.29, 0.717) is 24.7 Å². The summed E-state index contributed by atoms with van der Waals surface area (Å²) in [5.74, 6) is 0.585. The minimum Gasteiger partial charge on any atom is -0.486 e. The van der Waals surface area contributed by atoms with Crippen molar-refractivity contribution < 1.29 is 18.7 Å². The van der Waals surface area contributed by atoms with Crippen molar-refractivity contribution in [3.63, 3.8) is 0 Å². The highest BCUT2D eigenvalue weighted by atomic mass is 19.1. The Morgan fingerprint density at radius 1 is 1.10 bits per heavy atom. The predicted octanol–water partition coefficient (Wildman–Crippen LogP) is 2.78. The number of anilines is 1. The average Bonchev–Trinajstić information content (AvgIpc) is 2.49. The van der Waals surface area contributed by atoms with E-state index in [4.69, 9.17) is 9.47 Å². The van der Waals surface area contributed by atoms with Crippen molar-refractivity contribution in [1.29, 1.82) is 0 Å². The van der Waals surface area contributed by atoms with Gasteiger partial charge in [0.05, 0.1) is 12.1 Å². The molecule has 2 aromatic rings. The predicted molar refractivity (Wildman–Crippen MR) is 76.2 cm³/mol. The fourth-order valence-electron chi connectivity index (χ4n) is 2.14. The summed E-state index contributed by atoms with van der Waals surface area (Å²) in [4.78, 5) is 12.0. The molecule has 0 bridgehead atoms. The number of hydrogen-bond acceptors (Lipinski definition) is 3. The molecule has 0 spiro atoms. The zero-order valence-electron chi connectivity index (χ0n) is 11.3. The lowest BCUT2D eigenvalue weighted by Gasteiger charge is -2.18. The lowest BCUT2D eigenvalue weighted by Crippen LogP contribution is -2.17. The molecule has 0 fully saturated rings. The van der Waals surface area contributed by atoms with Crippen LogP contribution in [0.5, 0.6) is 11.5 Å². The Kier molecular flexibility index (Phi) is 3.73. The van der Waals surface area contributed by atoms with Gasteiger partial charge in [-0.1, -0.05) is 18.2 Å². The molecule has 0 saturated heterocycles. The number of rotatable bonds is 3. The first-order valence-corrected chi connectivity index (χ1v) is 6.65. The van der Waals surface area contributed by atoms with Crippen LogP contribution in [0.3, 0.4) is 0 Å². The number of hydrogen-bond donors (Lipinski definition) is 1. The molecule has 0 radical (unpaired) electrons. The van der Waals surface area contributed by atoms with E-state index >= 15 is 0 Å². The minimum atomic E-state index is -0.451. The molecule has 21 heavy (non-hydrogen) atoms. The van der Waals surface area contributed by atoms with Crippen molar-refractivity contribution in [3.05, 3.63) is 53.8 Å². The fraction of sp³-hybridized carbons (Fsp3) is 0.188. The molecule has 4 nitrogen and oxygen atoms in total. The highest BCUT2D eigenvalue weighted by Crippen LogP contribution is 2.30. The molecule has 0 saturated carbocycles. The van der Waals surface area contributed by atoms with Crippen LogP contribution in [0.2, 0.25) is 0 Å². The topological polar surface area (TPSA) is 47.6 Å². The van der Waals surface area contributed by atoms with Crippen molar-refractivity contribution in [2.75, 3.05) is 18.5 Å². The minimum absolute atomic E-state index is 0.144. The van der Waals surface area contributed by atoms with Gasteiger partial charge in [0.2, 0.25) is 5.91 Å². The van der Waals surface area contributed by atoms with Crippen molar-refractivity contribution >= 4 is 11.6 Å². The van der Waals surface area contributed by atoms with E-state index in [1.807, 2.05) is 0 Å². The molecule has 108 valence electrons. The van der Waals surface area contributed by atoms with Crippen LogP contribution in [0.4, 0.5) is 10.1 Å². The van der Waals surface area contributed by atoms with Gasteiger partial charge in [-0.2, -0.15) is 0 Å². The Bertz CT molecular complexity index is 672. The molecule has 1 amide bonds. The molecule has 1 aliphatic rings. The van der Waals surface area contributed by atoms with E-state index in [1.54, 1.807) is 30.3 Å². The lowest BCUT2D eigenvalue weighted by atomic mass is 10.1. The lowest BCUT2D eigenvalue weighted by molar-refractivity contribution is -0.115. The van der Waals surface area contributed by atoms with Crippen molar-refractivity contribution in [2.45, 2.75) is 6.42 Å². The Balaban J connectivity index is 1.69. The van der Waals surface area contributed by atoms with Gasteiger partial charge in [0.25, 0.3) is 0 Å². The molecular weight excluding hydrogens is 273 g/mol. The third-order valence-corrected chi connectivity index (χ3v) is 3.12.